The number of benzene rings is 1. The van der Waals surface area contributed by atoms with Gasteiger partial charge in [0.15, 0.2) is 0 Å². The third-order valence-corrected chi connectivity index (χ3v) is 4.22. The molecule has 1 saturated heterocycles. The van der Waals surface area contributed by atoms with Crippen LogP contribution in [0.15, 0.2) is 18.2 Å². The van der Waals surface area contributed by atoms with Crippen molar-refractivity contribution in [3.63, 3.8) is 0 Å². The van der Waals surface area contributed by atoms with E-state index in [1.54, 1.807) is 19.2 Å². The Morgan fingerprint density at radius 1 is 1.22 bits per heavy atom. The maximum atomic E-state index is 13.7. The van der Waals surface area contributed by atoms with Crippen LogP contribution in [0, 0.1) is 5.82 Å². The second kappa shape index (κ2) is 11.9. The molecular weight excluding hydrogens is 338 g/mol. The second-order valence-corrected chi connectivity index (χ2v) is 5.68. The molecule has 23 heavy (non-hydrogen) atoms. The first-order valence-electron chi connectivity index (χ1n) is 8.04. The maximum absolute atomic E-state index is 13.7. The highest BCUT2D eigenvalue weighted by atomic mass is 35.5. The van der Waals surface area contributed by atoms with E-state index in [2.05, 4.69) is 17.1 Å². The fourth-order valence-electron chi connectivity index (χ4n) is 3.08. The third-order valence-electron chi connectivity index (χ3n) is 4.22. The Labute approximate surface area is 151 Å². The molecule has 1 atom stereocenters. The Hall–Kier alpha value is -0.550. The fourth-order valence-corrected chi connectivity index (χ4v) is 3.08. The van der Waals surface area contributed by atoms with E-state index in [0.717, 1.165) is 43.9 Å². The number of hydrogen-bond acceptors (Lipinski definition) is 3. The molecule has 1 aliphatic rings. The zero-order valence-corrected chi connectivity index (χ0v) is 15.6. The number of halogens is 3. The topological polar surface area (TPSA) is 24.5 Å². The molecule has 1 aromatic carbocycles. The summed E-state index contributed by atoms with van der Waals surface area (Å²) in [6.45, 7) is 6.24. The summed E-state index contributed by atoms with van der Waals surface area (Å²) in [4.78, 5) is 2.46. The van der Waals surface area contributed by atoms with Crippen molar-refractivity contribution >= 4 is 24.8 Å². The van der Waals surface area contributed by atoms with Gasteiger partial charge in [-0.15, -0.1) is 24.8 Å². The van der Waals surface area contributed by atoms with Crippen LogP contribution in [-0.2, 0) is 0 Å². The predicted molar refractivity (Wildman–Crippen MR) is 98.8 cm³/mol. The van der Waals surface area contributed by atoms with Crippen molar-refractivity contribution in [1.82, 2.24) is 10.2 Å². The van der Waals surface area contributed by atoms with Gasteiger partial charge in [-0.1, -0.05) is 26.2 Å². The zero-order valence-electron chi connectivity index (χ0n) is 14.0. The lowest BCUT2D eigenvalue weighted by molar-refractivity contribution is 0.159. The van der Waals surface area contributed by atoms with Gasteiger partial charge in [0, 0.05) is 37.8 Å². The summed E-state index contributed by atoms with van der Waals surface area (Å²) in [5, 5.41) is 3.38. The largest absolute Gasteiger partial charge is 0.496 e. The number of rotatable bonds is 7. The monoisotopic (exact) mass is 366 g/mol. The number of hydrogen-bond donors (Lipinski definition) is 1. The molecule has 1 heterocycles. The van der Waals surface area contributed by atoms with Crippen molar-refractivity contribution in [1.29, 1.82) is 0 Å². The fraction of sp³-hybridized carbons (Fsp3) is 0.647. The number of piperazine rings is 1. The van der Waals surface area contributed by atoms with Gasteiger partial charge in [-0.3, -0.25) is 4.90 Å². The number of ether oxygens (including phenoxy) is 1. The average molecular weight is 367 g/mol. The quantitative estimate of drug-likeness (QED) is 0.731. The van der Waals surface area contributed by atoms with Crippen LogP contribution in [0.2, 0.25) is 0 Å². The number of methoxy groups -OCH3 is 1. The van der Waals surface area contributed by atoms with Gasteiger partial charge in [-0.2, -0.15) is 0 Å². The summed E-state index contributed by atoms with van der Waals surface area (Å²) in [6, 6.07) is 5.13. The summed E-state index contributed by atoms with van der Waals surface area (Å²) < 4.78 is 19.2. The van der Waals surface area contributed by atoms with Crippen molar-refractivity contribution in [2.75, 3.05) is 33.3 Å². The Bertz CT molecular complexity index is 443. The Kier molecular flexibility index (Phi) is 11.6. The number of nitrogens with zero attached hydrogens (tertiary/aromatic N) is 1. The minimum Gasteiger partial charge on any atom is -0.496 e. The van der Waals surface area contributed by atoms with Crippen molar-refractivity contribution in [2.24, 2.45) is 0 Å². The minimum atomic E-state index is -0.179. The molecule has 0 spiro atoms. The van der Waals surface area contributed by atoms with Crippen molar-refractivity contribution < 1.29 is 9.13 Å². The Morgan fingerprint density at radius 2 is 1.91 bits per heavy atom. The van der Waals surface area contributed by atoms with Gasteiger partial charge < -0.3 is 10.1 Å². The van der Waals surface area contributed by atoms with Gasteiger partial charge in [0.2, 0.25) is 0 Å². The third kappa shape index (κ3) is 6.46. The van der Waals surface area contributed by atoms with Crippen LogP contribution >= 0.6 is 24.8 Å². The van der Waals surface area contributed by atoms with Gasteiger partial charge in [0.25, 0.3) is 0 Å². The molecule has 3 nitrogen and oxygen atoms in total. The van der Waals surface area contributed by atoms with Gasteiger partial charge in [0.1, 0.15) is 11.6 Å². The number of nitrogens with one attached hydrogen (secondary N) is 1. The van der Waals surface area contributed by atoms with Crippen LogP contribution in [0.25, 0.3) is 0 Å². The second-order valence-electron chi connectivity index (χ2n) is 5.68. The highest BCUT2D eigenvalue weighted by molar-refractivity contribution is 5.85. The molecule has 6 heteroatoms. The Balaban J connectivity index is 0.00000242. The van der Waals surface area contributed by atoms with Gasteiger partial charge in [-0.25, -0.2) is 4.39 Å². The van der Waals surface area contributed by atoms with E-state index in [1.807, 2.05) is 0 Å². The van der Waals surface area contributed by atoms with Crippen LogP contribution in [0.4, 0.5) is 4.39 Å². The molecule has 0 aliphatic carbocycles. The van der Waals surface area contributed by atoms with Gasteiger partial charge in [0.05, 0.1) is 7.11 Å². The molecule has 1 aliphatic heterocycles. The molecule has 0 radical (unpaired) electrons. The first-order valence-corrected chi connectivity index (χ1v) is 8.04. The smallest absolute Gasteiger partial charge is 0.123 e. The van der Waals surface area contributed by atoms with Crippen LogP contribution in [0.1, 0.15) is 44.2 Å². The lowest BCUT2D eigenvalue weighted by Gasteiger charge is -2.36. The van der Waals surface area contributed by atoms with E-state index < -0.39 is 0 Å². The SMILES string of the molecule is CCCCC[C@H](c1cc(F)ccc1OC)N1CCNCC1.Cl.Cl. The van der Waals surface area contributed by atoms with Crippen LogP contribution in [-0.4, -0.2) is 38.2 Å². The van der Waals surface area contributed by atoms with Crippen molar-refractivity contribution in [3.05, 3.63) is 29.6 Å². The molecule has 2 rings (SSSR count). The predicted octanol–water partition coefficient (Wildman–Crippen LogP) is 4.20. The van der Waals surface area contributed by atoms with Crippen LogP contribution in [0.5, 0.6) is 5.75 Å². The normalized spacial score (nSPS) is 16.1. The standard InChI is InChI=1S/C17H27FN2O.2ClH/c1-3-4-5-6-16(20-11-9-19-10-12-20)15-13-14(18)7-8-17(15)21-2;;/h7-8,13,16,19H,3-6,9-12H2,1-2H3;2*1H/t16-;;/m1../s1. The van der Waals surface area contributed by atoms with E-state index in [-0.39, 0.29) is 36.7 Å². The van der Waals surface area contributed by atoms with E-state index in [4.69, 9.17) is 4.74 Å². The molecule has 0 aromatic heterocycles. The summed E-state index contributed by atoms with van der Waals surface area (Å²) in [5.41, 5.74) is 0.996. The lowest BCUT2D eigenvalue weighted by atomic mass is 9.97. The van der Waals surface area contributed by atoms with E-state index in [0.29, 0.717) is 0 Å². The van der Waals surface area contributed by atoms with E-state index in [1.165, 1.54) is 25.3 Å². The molecule has 0 amide bonds. The van der Waals surface area contributed by atoms with Crippen LogP contribution in [0.3, 0.4) is 0 Å². The van der Waals surface area contributed by atoms with Crippen molar-refractivity contribution in [2.45, 2.75) is 38.6 Å². The number of unbranched alkanes of at least 4 members (excludes halogenated alkanes) is 2. The molecule has 0 unspecified atom stereocenters. The average Bonchev–Trinajstić information content (AvgIpc) is 2.52. The molecule has 0 bridgehead atoms. The van der Waals surface area contributed by atoms with E-state index >= 15 is 0 Å². The van der Waals surface area contributed by atoms with Crippen LogP contribution < -0.4 is 10.1 Å². The molecular formula is C17H29Cl2FN2O. The summed E-state index contributed by atoms with van der Waals surface area (Å²) in [6.07, 6.45) is 4.66. The minimum absolute atomic E-state index is 0. The summed E-state index contributed by atoms with van der Waals surface area (Å²) in [7, 11) is 1.66. The molecule has 0 saturated carbocycles. The van der Waals surface area contributed by atoms with E-state index in [9.17, 15) is 4.39 Å². The molecule has 1 fully saturated rings. The highest BCUT2D eigenvalue weighted by Gasteiger charge is 2.24. The first-order chi connectivity index (χ1) is 10.3. The summed E-state index contributed by atoms with van der Waals surface area (Å²) >= 11 is 0. The van der Waals surface area contributed by atoms with Gasteiger partial charge >= 0.3 is 0 Å². The molecule has 1 aromatic rings. The zero-order chi connectivity index (χ0) is 15.1. The lowest BCUT2D eigenvalue weighted by Crippen LogP contribution is -2.45. The molecule has 134 valence electrons. The first kappa shape index (κ1) is 22.4. The maximum Gasteiger partial charge on any atom is 0.123 e. The highest BCUT2D eigenvalue weighted by Crippen LogP contribution is 2.34. The Morgan fingerprint density at radius 3 is 2.52 bits per heavy atom. The molecule has 1 N–H and O–H groups in total. The van der Waals surface area contributed by atoms with Crippen molar-refractivity contribution in [3.8, 4) is 5.75 Å². The summed E-state index contributed by atoms with van der Waals surface area (Å²) in [5.74, 6) is 0.623. The van der Waals surface area contributed by atoms with Gasteiger partial charge in [-0.05, 0) is 24.6 Å².